The third-order valence-electron chi connectivity index (χ3n) is 0. The zero-order valence-corrected chi connectivity index (χ0v) is 7.02. The fraction of sp³-hybridized carbons (Fsp3) is 0. The molecular weight excluding hydrogens is 236 g/mol. The van der Waals surface area contributed by atoms with Gasteiger partial charge < -0.3 is 5.48 Å². The fourth-order valence-corrected chi connectivity index (χ4v) is 0. The van der Waals surface area contributed by atoms with Crippen LogP contribution in [0, 0.1) is 41.7 Å². The zero-order valence-electron chi connectivity index (χ0n) is 2.32. The van der Waals surface area contributed by atoms with Gasteiger partial charge in [-0.05, 0) is 0 Å². The first-order valence-electron chi connectivity index (χ1n) is 0.408. The molecule has 3 nitrogen and oxygen atoms in total. The molecule has 5 heteroatoms. The van der Waals surface area contributed by atoms with Gasteiger partial charge in [-0.15, -0.1) is 0 Å². The quantitative estimate of drug-likeness (QED) is 0.504. The molecule has 0 bridgehead atoms. The summed E-state index contributed by atoms with van der Waals surface area (Å²) in [5.41, 5.74) is 0. The van der Waals surface area contributed by atoms with Gasteiger partial charge in [-0.2, -0.15) is 0 Å². The van der Waals surface area contributed by atoms with Crippen LogP contribution in [0.1, 0.15) is 0 Å². The molecule has 0 aromatic carbocycles. The molecule has 0 aliphatic carbocycles. The van der Waals surface area contributed by atoms with Gasteiger partial charge in [-0.25, -0.2) is 0 Å². The van der Waals surface area contributed by atoms with Crippen molar-refractivity contribution in [3.63, 3.8) is 0 Å². The van der Waals surface area contributed by atoms with Crippen LogP contribution in [-0.2, 0) is 25.7 Å². The number of hydrogen-bond acceptors (Lipinski definition) is 2. The van der Waals surface area contributed by atoms with E-state index in [1.54, 1.807) is 0 Å². The molecule has 0 unspecified atom stereocenters. The third-order valence-corrected chi connectivity index (χ3v) is 0. The van der Waals surface area contributed by atoms with Crippen LogP contribution in [0.15, 0.2) is 0 Å². The van der Waals surface area contributed by atoms with Gasteiger partial charge in [0, 0.05) is 41.7 Å². The molecule has 0 aromatic rings. The monoisotopic (exact) mass is 238 g/mol. The molecule has 0 radical (unpaired) electrons. The van der Waals surface area contributed by atoms with Crippen molar-refractivity contribution in [1.82, 2.24) is 0 Å². The van der Waals surface area contributed by atoms with Gasteiger partial charge in [0.2, 0.25) is 0 Å². The van der Waals surface area contributed by atoms with Gasteiger partial charge in [0.25, 0.3) is 0 Å². The molecule has 0 heterocycles. The molecule has 5 heavy (non-hydrogen) atoms. The molecule has 0 aromatic heterocycles. The Balaban J connectivity index is -0.0000000200. The molecule has 0 fully saturated rings. The van der Waals surface area contributed by atoms with E-state index in [0.717, 1.165) is 0 Å². The van der Waals surface area contributed by atoms with Crippen LogP contribution in [0.2, 0.25) is 0 Å². The van der Waals surface area contributed by atoms with Gasteiger partial charge >= 0.3 is 25.7 Å². The Labute approximate surface area is 71.8 Å². The van der Waals surface area contributed by atoms with E-state index < -0.39 is 19.1 Å². The van der Waals surface area contributed by atoms with E-state index >= 15 is 0 Å². The Morgan fingerprint density at radius 2 is 1.20 bits per heavy atom. The van der Waals surface area contributed by atoms with E-state index in [1.807, 2.05) is 0 Å². The standard InChI is InChI=1S/Ce.H2O.2O.Ti/h;1H2;;;. The van der Waals surface area contributed by atoms with Crippen LogP contribution in [0.4, 0.5) is 0 Å². The Kier molecular flexibility index (Phi) is 55.4. The Hall–Kier alpha value is 1.65. The average Bonchev–Trinajstić information content (AvgIpc) is 0.918. The van der Waals surface area contributed by atoms with Crippen molar-refractivity contribution in [3.8, 4) is 0 Å². The van der Waals surface area contributed by atoms with Crippen LogP contribution in [0.3, 0.4) is 0 Å². The maximum absolute atomic E-state index is 8.50. The Morgan fingerprint density at radius 1 is 1.20 bits per heavy atom. The summed E-state index contributed by atoms with van der Waals surface area (Å²) in [7, 11) is 0. The maximum atomic E-state index is 8.50. The van der Waals surface area contributed by atoms with E-state index in [0.29, 0.717) is 0 Å². The Morgan fingerprint density at radius 3 is 1.20 bits per heavy atom. The summed E-state index contributed by atoms with van der Waals surface area (Å²) in [5.74, 6) is 0. The molecule has 0 amide bonds. The second-order valence-corrected chi connectivity index (χ2v) is 0.344. The third kappa shape index (κ3) is 27.6. The summed E-state index contributed by atoms with van der Waals surface area (Å²) in [6.45, 7) is 0. The topological polar surface area (TPSA) is 65.6 Å². The predicted molar refractivity (Wildman–Crippen MR) is 4.99 cm³/mol. The van der Waals surface area contributed by atoms with Crippen molar-refractivity contribution in [2.75, 3.05) is 0 Å². The van der Waals surface area contributed by atoms with Crippen molar-refractivity contribution < 1.29 is 73.0 Å². The van der Waals surface area contributed by atoms with Crippen LogP contribution >= 0.6 is 0 Å². The van der Waals surface area contributed by atoms with E-state index in [2.05, 4.69) is 0 Å². The van der Waals surface area contributed by atoms with Gasteiger partial charge in [0.05, 0.1) is 0 Å². The first-order valence-corrected chi connectivity index (χ1v) is 1.68. The molecule has 0 spiro atoms. The first-order chi connectivity index (χ1) is 1.41. The minimum absolute atomic E-state index is 0. The van der Waals surface area contributed by atoms with Crippen LogP contribution < -0.4 is 0 Å². The summed E-state index contributed by atoms with van der Waals surface area (Å²) in [6, 6.07) is 0. The van der Waals surface area contributed by atoms with E-state index in [-0.39, 0.29) is 47.2 Å². The normalized spacial score (nSPS) is 1.60. The predicted octanol–water partition coefficient (Wildman–Crippen LogP) is -1.06. The van der Waals surface area contributed by atoms with Gasteiger partial charge in [0.1, 0.15) is 0 Å². The van der Waals surface area contributed by atoms with Crippen LogP contribution in [-0.4, -0.2) is 5.48 Å². The van der Waals surface area contributed by atoms with E-state index in [1.165, 1.54) is 0 Å². The fourth-order valence-electron chi connectivity index (χ4n) is 0. The van der Waals surface area contributed by atoms with Gasteiger partial charge in [0.15, 0.2) is 0 Å². The molecule has 0 saturated heterocycles. The molecule has 28 valence electrons. The Bertz CT molecular complexity index is 27.9. The summed E-state index contributed by atoms with van der Waals surface area (Å²) >= 11 is -2.00. The molecular formula is H2CeO3Ti. The number of rotatable bonds is 0. The van der Waals surface area contributed by atoms with E-state index in [9.17, 15) is 0 Å². The van der Waals surface area contributed by atoms with Crippen molar-refractivity contribution in [2.24, 2.45) is 0 Å². The number of hydrogen-bond donors (Lipinski definition) is 0. The molecule has 0 aliphatic rings. The second kappa shape index (κ2) is 17.4. The zero-order chi connectivity index (χ0) is 2.71. The average molecular weight is 238 g/mol. The molecule has 0 atom stereocenters. The summed E-state index contributed by atoms with van der Waals surface area (Å²) in [6.07, 6.45) is 0. The van der Waals surface area contributed by atoms with Gasteiger partial charge in [-0.1, -0.05) is 0 Å². The summed E-state index contributed by atoms with van der Waals surface area (Å²) < 4.78 is 17.0. The SMILES string of the molecule is O.[Ce].[O]=[Ti]=[O]. The van der Waals surface area contributed by atoms with Crippen LogP contribution in [0.5, 0.6) is 0 Å². The second-order valence-electron chi connectivity index (χ2n) is 0.0833. The summed E-state index contributed by atoms with van der Waals surface area (Å²) in [5, 5.41) is 0. The first kappa shape index (κ1) is 15.9. The molecule has 0 saturated carbocycles. The van der Waals surface area contributed by atoms with Gasteiger partial charge in [-0.3, -0.25) is 0 Å². The molecule has 0 aliphatic heterocycles. The van der Waals surface area contributed by atoms with E-state index in [4.69, 9.17) is 6.65 Å². The van der Waals surface area contributed by atoms with Crippen molar-refractivity contribution >= 4 is 0 Å². The summed E-state index contributed by atoms with van der Waals surface area (Å²) in [4.78, 5) is 0. The van der Waals surface area contributed by atoms with Crippen molar-refractivity contribution in [1.29, 1.82) is 0 Å². The van der Waals surface area contributed by atoms with Crippen molar-refractivity contribution in [2.45, 2.75) is 0 Å². The minimum atomic E-state index is -2.00. The van der Waals surface area contributed by atoms with Crippen molar-refractivity contribution in [3.05, 3.63) is 0 Å². The molecule has 0 rings (SSSR count). The molecule has 2 N–H and O–H groups in total. The van der Waals surface area contributed by atoms with Crippen LogP contribution in [0.25, 0.3) is 0 Å².